The van der Waals surface area contributed by atoms with E-state index < -0.39 is 5.54 Å². The molecule has 2 atom stereocenters. The van der Waals surface area contributed by atoms with Crippen LogP contribution in [0.15, 0.2) is 109 Å². The van der Waals surface area contributed by atoms with Crippen molar-refractivity contribution in [3.63, 3.8) is 0 Å². The highest BCUT2D eigenvalue weighted by Gasteiger charge is 2.69. The number of nitrogens with zero attached hydrogens (tertiary/aromatic N) is 5. The fourth-order valence-electron chi connectivity index (χ4n) is 10.8. The van der Waals surface area contributed by atoms with E-state index in [0.29, 0.717) is 0 Å². The van der Waals surface area contributed by atoms with Gasteiger partial charge in [-0.2, -0.15) is 4.57 Å². The first-order valence-electron chi connectivity index (χ1n) is 16.4. The van der Waals surface area contributed by atoms with Crippen LogP contribution >= 0.6 is 0 Å². The molecule has 216 valence electrons. The highest BCUT2D eigenvalue weighted by atomic mass is 15.5. The number of pyridine rings is 1. The maximum Gasteiger partial charge on any atom is 0.296 e. The van der Waals surface area contributed by atoms with E-state index in [1.807, 2.05) is 0 Å². The van der Waals surface area contributed by atoms with Crippen molar-refractivity contribution in [2.45, 2.75) is 31.0 Å². The maximum atomic E-state index is 2.69. The van der Waals surface area contributed by atoms with Gasteiger partial charge in [0.15, 0.2) is 6.17 Å². The van der Waals surface area contributed by atoms with Gasteiger partial charge in [-0.1, -0.05) is 62.4 Å². The number of hydrogen-bond acceptors (Lipinski definition) is 2. The van der Waals surface area contributed by atoms with Gasteiger partial charge in [0.2, 0.25) is 5.54 Å². The summed E-state index contributed by atoms with van der Waals surface area (Å²) in [6, 6.07) is 39.2. The zero-order chi connectivity index (χ0) is 30.0. The van der Waals surface area contributed by atoms with E-state index in [-0.39, 0.29) is 11.6 Å². The SMILES string of the molecule is CN1c2ccccc2N2c3cccc4c3C3(c5c6c(cc7c8ccccc8n-4c57)C(C)(C)c4cccc5c7ccc[n+]3c7n-6c45)C12. The monoisotopic (exact) mass is 590 g/mol. The van der Waals surface area contributed by atoms with Crippen molar-refractivity contribution in [2.75, 3.05) is 16.8 Å². The Morgan fingerprint density at radius 1 is 0.609 bits per heavy atom. The van der Waals surface area contributed by atoms with E-state index in [4.69, 9.17) is 0 Å². The summed E-state index contributed by atoms with van der Waals surface area (Å²) in [4.78, 5) is 5.21. The van der Waals surface area contributed by atoms with Crippen molar-refractivity contribution in [1.82, 2.24) is 9.13 Å². The second-order valence-corrected chi connectivity index (χ2v) is 14.5. The van der Waals surface area contributed by atoms with Crippen LogP contribution in [0.3, 0.4) is 0 Å². The third kappa shape index (κ3) is 1.95. The van der Waals surface area contributed by atoms with Crippen LogP contribution in [0.4, 0.5) is 17.1 Å². The second kappa shape index (κ2) is 6.68. The predicted molar refractivity (Wildman–Crippen MR) is 184 cm³/mol. The summed E-state index contributed by atoms with van der Waals surface area (Å²) >= 11 is 0. The summed E-state index contributed by atoms with van der Waals surface area (Å²) < 4.78 is 7.94. The summed E-state index contributed by atoms with van der Waals surface area (Å²) in [6.45, 7) is 4.89. The van der Waals surface area contributed by atoms with Crippen molar-refractivity contribution < 1.29 is 4.57 Å². The highest BCUT2D eigenvalue weighted by Crippen LogP contribution is 2.66. The first kappa shape index (κ1) is 22.9. The fraction of sp³-hybridized carbons (Fsp3) is 0.146. The summed E-state index contributed by atoms with van der Waals surface area (Å²) in [7, 11) is 2.31. The minimum Gasteiger partial charge on any atom is -0.348 e. The van der Waals surface area contributed by atoms with Crippen LogP contribution in [0.1, 0.15) is 36.1 Å². The molecule has 5 heteroatoms. The van der Waals surface area contributed by atoms with E-state index in [0.717, 1.165) is 0 Å². The molecular weight excluding hydrogens is 562 g/mol. The molecule has 0 saturated heterocycles. The Balaban J connectivity index is 1.40. The molecule has 0 bridgehead atoms. The molecule has 0 amide bonds. The van der Waals surface area contributed by atoms with Gasteiger partial charge in [-0.25, -0.2) is 4.57 Å². The Morgan fingerprint density at radius 3 is 2.26 bits per heavy atom. The van der Waals surface area contributed by atoms with E-state index in [2.05, 4.69) is 154 Å². The number of hydrogen-bond donors (Lipinski definition) is 0. The Labute approximate surface area is 264 Å². The zero-order valence-electron chi connectivity index (χ0n) is 25.7. The molecular formula is C41H28N5+. The zero-order valence-corrected chi connectivity index (χ0v) is 25.7. The first-order valence-corrected chi connectivity index (χ1v) is 16.4. The molecule has 5 nitrogen and oxygen atoms in total. The van der Waals surface area contributed by atoms with E-state index in [1.54, 1.807) is 0 Å². The van der Waals surface area contributed by atoms with Crippen LogP contribution in [0.25, 0.3) is 55.1 Å². The van der Waals surface area contributed by atoms with Gasteiger partial charge in [-0.05, 0) is 54.6 Å². The molecule has 0 N–H and O–H groups in total. The van der Waals surface area contributed by atoms with Gasteiger partial charge in [0, 0.05) is 39.7 Å². The van der Waals surface area contributed by atoms with Gasteiger partial charge < -0.3 is 14.4 Å². The number of benzene rings is 5. The summed E-state index contributed by atoms with van der Waals surface area (Å²) in [6.07, 6.45) is 2.40. The lowest BCUT2D eigenvalue weighted by molar-refractivity contribution is -0.724. The average molecular weight is 591 g/mol. The van der Waals surface area contributed by atoms with Crippen molar-refractivity contribution in [3.05, 3.63) is 132 Å². The van der Waals surface area contributed by atoms with Crippen LogP contribution in [0, 0.1) is 0 Å². The maximum absolute atomic E-state index is 2.69. The molecule has 0 fully saturated rings. The van der Waals surface area contributed by atoms with Gasteiger partial charge in [0.05, 0.1) is 56.5 Å². The van der Waals surface area contributed by atoms with Crippen LogP contribution in [0.2, 0.25) is 0 Å². The van der Waals surface area contributed by atoms with Gasteiger partial charge in [-0.15, -0.1) is 0 Å². The molecule has 1 spiro atoms. The molecule has 0 aliphatic carbocycles. The number of likely N-dealkylation sites (N-methyl/N-ethyl adjacent to an activating group) is 1. The normalized spacial score (nSPS) is 21.3. The number of anilines is 3. The van der Waals surface area contributed by atoms with Crippen LogP contribution < -0.4 is 14.4 Å². The highest BCUT2D eigenvalue weighted by molar-refractivity contribution is 6.17. The Hall–Kier alpha value is -5.55. The molecule has 8 heterocycles. The molecule has 0 saturated carbocycles. The Kier molecular flexibility index (Phi) is 3.32. The fourth-order valence-corrected chi connectivity index (χ4v) is 10.8. The topological polar surface area (TPSA) is 20.2 Å². The largest absolute Gasteiger partial charge is 0.348 e. The van der Waals surface area contributed by atoms with Crippen molar-refractivity contribution in [1.29, 1.82) is 0 Å². The van der Waals surface area contributed by atoms with Crippen LogP contribution in [-0.2, 0) is 11.0 Å². The molecule has 8 aromatic rings. The smallest absolute Gasteiger partial charge is 0.296 e. The predicted octanol–water partition coefficient (Wildman–Crippen LogP) is 8.15. The molecule has 3 aromatic heterocycles. The van der Waals surface area contributed by atoms with E-state index in [9.17, 15) is 0 Å². The molecule has 5 aliphatic heterocycles. The molecule has 46 heavy (non-hydrogen) atoms. The standard InChI is InChI=1S/C41H28N5/c1-40(2)26-14-8-12-23-24-13-10-20-43-38(24)46(35(23)26)37-27(40)21-25-22-11-4-5-15-28(22)44-31-18-9-19-32-33(31)41(43,34(37)36(25)44)39-42(3)29-16-6-7-17-30(29)45(32)39/h4-21,39H,1-3H3/q+1. The van der Waals surface area contributed by atoms with Crippen molar-refractivity contribution in [3.8, 4) is 11.4 Å². The Bertz CT molecular complexity index is 2830. The van der Waals surface area contributed by atoms with Gasteiger partial charge in [0.1, 0.15) is 11.2 Å². The molecule has 0 radical (unpaired) electrons. The average Bonchev–Trinajstić information content (AvgIpc) is 3.79. The van der Waals surface area contributed by atoms with Gasteiger partial charge >= 0.3 is 0 Å². The molecule has 13 rings (SSSR count). The minimum atomic E-state index is -0.495. The van der Waals surface area contributed by atoms with Crippen LogP contribution in [0.5, 0.6) is 0 Å². The molecule has 5 aromatic carbocycles. The van der Waals surface area contributed by atoms with E-state index in [1.165, 1.54) is 94.4 Å². The minimum absolute atomic E-state index is 0.0226. The lowest BCUT2D eigenvalue weighted by Crippen LogP contribution is -2.70. The number of aromatic nitrogens is 3. The van der Waals surface area contributed by atoms with Crippen LogP contribution in [-0.4, -0.2) is 22.3 Å². The van der Waals surface area contributed by atoms with Gasteiger partial charge in [0.25, 0.3) is 5.65 Å². The Morgan fingerprint density at radius 2 is 1.35 bits per heavy atom. The quantitative estimate of drug-likeness (QED) is 0.166. The third-order valence-corrected chi connectivity index (χ3v) is 12.4. The van der Waals surface area contributed by atoms with Crippen molar-refractivity contribution >= 4 is 60.8 Å². The van der Waals surface area contributed by atoms with Crippen molar-refractivity contribution in [2.24, 2.45) is 0 Å². The molecule has 5 aliphatic rings. The lowest BCUT2D eigenvalue weighted by atomic mass is 9.69. The third-order valence-electron chi connectivity index (χ3n) is 12.4. The molecule has 2 unspecified atom stereocenters. The summed E-state index contributed by atoms with van der Waals surface area (Å²) in [5, 5.41) is 5.34. The number of para-hydroxylation sites is 4. The first-order chi connectivity index (χ1) is 22.5. The van der Waals surface area contributed by atoms with Gasteiger partial charge in [-0.3, -0.25) is 0 Å². The van der Waals surface area contributed by atoms with E-state index >= 15 is 0 Å². The summed E-state index contributed by atoms with van der Waals surface area (Å²) in [5.41, 5.74) is 16.8. The second-order valence-electron chi connectivity index (χ2n) is 14.5. The number of rotatable bonds is 0. The lowest BCUT2D eigenvalue weighted by Gasteiger charge is -2.45. The summed E-state index contributed by atoms with van der Waals surface area (Å²) in [5.74, 6) is 0. The number of fused-ring (bicyclic) bond motifs is 9.